The van der Waals surface area contributed by atoms with Crippen LogP contribution >= 0.6 is 0 Å². The van der Waals surface area contributed by atoms with E-state index in [1.54, 1.807) is 23.5 Å². The molecule has 0 saturated carbocycles. The lowest BCUT2D eigenvalue weighted by atomic mass is 9.98. The van der Waals surface area contributed by atoms with Gasteiger partial charge in [0, 0.05) is 19.6 Å². The van der Waals surface area contributed by atoms with E-state index in [-0.39, 0.29) is 5.56 Å². The van der Waals surface area contributed by atoms with Crippen LogP contribution in [0.1, 0.15) is 12.8 Å². The summed E-state index contributed by atoms with van der Waals surface area (Å²) < 4.78 is 3.57. The molecule has 1 unspecified atom stereocenters. The summed E-state index contributed by atoms with van der Waals surface area (Å²) in [7, 11) is 0. The zero-order chi connectivity index (χ0) is 18.9. The number of benzene rings is 1. The van der Waals surface area contributed by atoms with Gasteiger partial charge in [-0.2, -0.15) is 15.2 Å². The Balaban J connectivity index is 1.48. The summed E-state index contributed by atoms with van der Waals surface area (Å²) in [5, 5.41) is 9.07. The van der Waals surface area contributed by atoms with Crippen molar-refractivity contribution in [1.29, 1.82) is 0 Å². The van der Waals surface area contributed by atoms with Crippen LogP contribution in [0.5, 0.6) is 0 Å². The van der Waals surface area contributed by atoms with Gasteiger partial charge in [0.2, 0.25) is 5.95 Å². The number of H-pyrrole nitrogens is 1. The Morgan fingerprint density at radius 1 is 1.18 bits per heavy atom. The molecule has 0 aliphatic carbocycles. The largest absolute Gasteiger partial charge is 0.342 e. The molecule has 0 bridgehead atoms. The highest BCUT2D eigenvalue weighted by molar-refractivity contribution is 5.76. The standard InChI is InChI=1S/C19H20N8O/c28-18-16-9-21-27(15-6-2-1-3-7-15)17(16)23-19(24-18)25-8-4-5-14(10-25)11-26-13-20-12-22-26/h1-3,6-7,9,12-14H,4-5,8,10-11H2,(H,23,24,28). The quantitative estimate of drug-likeness (QED) is 0.581. The topological polar surface area (TPSA) is 97.5 Å². The van der Waals surface area contributed by atoms with Gasteiger partial charge in [-0.25, -0.2) is 9.67 Å². The molecular weight excluding hydrogens is 356 g/mol. The molecule has 1 N–H and O–H groups in total. The Labute approximate surface area is 160 Å². The van der Waals surface area contributed by atoms with Crippen LogP contribution in [0.4, 0.5) is 5.95 Å². The Kier molecular flexibility index (Phi) is 4.12. The Morgan fingerprint density at radius 3 is 2.89 bits per heavy atom. The second-order valence-electron chi connectivity index (χ2n) is 7.09. The van der Waals surface area contributed by atoms with Crippen molar-refractivity contribution in [3.63, 3.8) is 0 Å². The molecule has 9 heteroatoms. The van der Waals surface area contributed by atoms with Crippen LogP contribution < -0.4 is 10.5 Å². The summed E-state index contributed by atoms with van der Waals surface area (Å²) in [6, 6.07) is 9.73. The molecule has 142 valence electrons. The van der Waals surface area contributed by atoms with E-state index in [9.17, 15) is 4.79 Å². The van der Waals surface area contributed by atoms with Crippen LogP contribution in [0.2, 0.25) is 0 Å². The fourth-order valence-electron chi connectivity index (χ4n) is 3.81. The van der Waals surface area contributed by atoms with Crippen molar-refractivity contribution in [2.45, 2.75) is 19.4 Å². The molecule has 1 saturated heterocycles. The zero-order valence-electron chi connectivity index (χ0n) is 15.3. The second-order valence-corrected chi connectivity index (χ2v) is 7.09. The minimum atomic E-state index is -0.166. The molecule has 0 amide bonds. The van der Waals surface area contributed by atoms with Crippen molar-refractivity contribution in [3.8, 4) is 5.69 Å². The lowest BCUT2D eigenvalue weighted by Crippen LogP contribution is -2.39. The highest BCUT2D eigenvalue weighted by Crippen LogP contribution is 2.22. The average Bonchev–Trinajstić information content (AvgIpc) is 3.39. The smallest absolute Gasteiger partial charge is 0.263 e. The van der Waals surface area contributed by atoms with Crippen molar-refractivity contribution in [2.75, 3.05) is 18.0 Å². The summed E-state index contributed by atoms with van der Waals surface area (Å²) in [4.78, 5) is 26.5. The van der Waals surface area contributed by atoms with Gasteiger partial charge in [0.25, 0.3) is 5.56 Å². The number of hydrogen-bond donors (Lipinski definition) is 1. The molecule has 1 aromatic carbocycles. The molecule has 0 spiro atoms. The molecule has 9 nitrogen and oxygen atoms in total. The first kappa shape index (κ1) is 16.7. The monoisotopic (exact) mass is 376 g/mol. The van der Waals surface area contributed by atoms with Crippen LogP contribution in [0.3, 0.4) is 0 Å². The third-order valence-electron chi connectivity index (χ3n) is 5.16. The van der Waals surface area contributed by atoms with Crippen LogP contribution in [0, 0.1) is 5.92 Å². The molecule has 0 radical (unpaired) electrons. The maximum absolute atomic E-state index is 12.6. The number of fused-ring (bicyclic) bond motifs is 1. The summed E-state index contributed by atoms with van der Waals surface area (Å²) in [5.41, 5.74) is 1.29. The lowest BCUT2D eigenvalue weighted by molar-refractivity contribution is 0.349. The van der Waals surface area contributed by atoms with Crippen molar-refractivity contribution in [2.24, 2.45) is 5.92 Å². The molecule has 5 rings (SSSR count). The van der Waals surface area contributed by atoms with Gasteiger partial charge in [-0.15, -0.1) is 0 Å². The molecule has 28 heavy (non-hydrogen) atoms. The van der Waals surface area contributed by atoms with Crippen LogP contribution in [0.25, 0.3) is 16.7 Å². The Hall–Kier alpha value is -3.49. The fourth-order valence-corrected chi connectivity index (χ4v) is 3.81. The number of piperidine rings is 1. The molecule has 1 atom stereocenters. The normalized spacial score (nSPS) is 17.3. The number of nitrogens with one attached hydrogen (secondary N) is 1. The summed E-state index contributed by atoms with van der Waals surface area (Å²) in [6.45, 7) is 2.49. The molecule has 4 aromatic rings. The van der Waals surface area contributed by atoms with Gasteiger partial charge in [-0.05, 0) is 30.9 Å². The maximum Gasteiger partial charge on any atom is 0.263 e. The molecular formula is C19H20N8O. The SMILES string of the molecule is O=c1[nH]c(N2CCCC(Cn3cncn3)C2)nc2c1cnn2-c1ccccc1. The van der Waals surface area contributed by atoms with Crippen LogP contribution in [-0.2, 0) is 6.54 Å². The van der Waals surface area contributed by atoms with E-state index < -0.39 is 0 Å². The number of aromatic nitrogens is 7. The zero-order valence-corrected chi connectivity index (χ0v) is 15.3. The third-order valence-corrected chi connectivity index (χ3v) is 5.16. The van der Waals surface area contributed by atoms with E-state index in [0.29, 0.717) is 22.9 Å². The number of anilines is 1. The van der Waals surface area contributed by atoms with Crippen LogP contribution in [-0.4, -0.2) is 47.6 Å². The van der Waals surface area contributed by atoms with Gasteiger partial charge in [0.05, 0.1) is 11.9 Å². The summed E-state index contributed by atoms with van der Waals surface area (Å²) >= 11 is 0. The number of aromatic amines is 1. The molecule has 1 aliphatic heterocycles. The fraction of sp³-hybridized carbons (Fsp3) is 0.316. The molecule has 4 heterocycles. The van der Waals surface area contributed by atoms with E-state index in [2.05, 4.69) is 25.1 Å². The minimum absolute atomic E-state index is 0.166. The predicted octanol–water partition coefficient (Wildman–Crippen LogP) is 1.62. The number of para-hydroxylation sites is 1. The van der Waals surface area contributed by atoms with Gasteiger partial charge in [-0.3, -0.25) is 14.5 Å². The number of hydrogen-bond acceptors (Lipinski definition) is 6. The minimum Gasteiger partial charge on any atom is -0.342 e. The lowest BCUT2D eigenvalue weighted by Gasteiger charge is -2.32. The Morgan fingerprint density at radius 2 is 2.07 bits per heavy atom. The van der Waals surface area contributed by atoms with Crippen molar-refractivity contribution >= 4 is 17.0 Å². The highest BCUT2D eigenvalue weighted by atomic mass is 16.1. The number of rotatable bonds is 4. The Bertz CT molecular complexity index is 1130. The van der Waals surface area contributed by atoms with E-state index in [1.807, 2.05) is 35.0 Å². The van der Waals surface area contributed by atoms with Gasteiger partial charge in [0.15, 0.2) is 5.65 Å². The predicted molar refractivity (Wildman–Crippen MR) is 104 cm³/mol. The first-order valence-electron chi connectivity index (χ1n) is 9.39. The van der Waals surface area contributed by atoms with Gasteiger partial charge in [0.1, 0.15) is 18.0 Å². The van der Waals surface area contributed by atoms with Crippen molar-refractivity contribution in [1.82, 2.24) is 34.5 Å². The van der Waals surface area contributed by atoms with Crippen LogP contribution in [0.15, 0.2) is 54.0 Å². The molecule has 1 aliphatic rings. The first-order chi connectivity index (χ1) is 13.8. The summed E-state index contributed by atoms with van der Waals surface area (Å²) in [6.07, 6.45) is 7.02. The average molecular weight is 376 g/mol. The van der Waals surface area contributed by atoms with Crippen molar-refractivity contribution in [3.05, 3.63) is 59.5 Å². The van der Waals surface area contributed by atoms with E-state index >= 15 is 0 Å². The van der Waals surface area contributed by atoms with Gasteiger partial charge < -0.3 is 4.90 Å². The van der Waals surface area contributed by atoms with Gasteiger partial charge in [-0.1, -0.05) is 18.2 Å². The number of nitrogens with zero attached hydrogens (tertiary/aromatic N) is 7. The maximum atomic E-state index is 12.6. The second kappa shape index (κ2) is 6.91. The van der Waals surface area contributed by atoms with Gasteiger partial charge >= 0.3 is 0 Å². The highest BCUT2D eigenvalue weighted by Gasteiger charge is 2.23. The van der Waals surface area contributed by atoms with E-state index in [1.165, 1.54) is 0 Å². The third kappa shape index (κ3) is 3.04. The summed E-state index contributed by atoms with van der Waals surface area (Å²) in [5.74, 6) is 1.02. The van der Waals surface area contributed by atoms with E-state index in [4.69, 9.17) is 4.98 Å². The van der Waals surface area contributed by atoms with E-state index in [0.717, 1.165) is 38.2 Å². The molecule has 3 aromatic heterocycles. The van der Waals surface area contributed by atoms with Crippen molar-refractivity contribution < 1.29 is 0 Å². The molecule has 1 fully saturated rings. The first-order valence-corrected chi connectivity index (χ1v) is 9.39.